The molecule has 20 heavy (non-hydrogen) atoms. The number of nitrogens with one attached hydrogen (secondary N) is 2. The number of hydrogen-bond acceptors (Lipinski definition) is 4. The lowest BCUT2D eigenvalue weighted by atomic mass is 10.3. The molecule has 0 atom stereocenters. The van der Waals surface area contributed by atoms with Crippen LogP contribution in [0.15, 0.2) is 48.9 Å². The molecule has 0 aromatic carbocycles. The number of nitrogens with zero attached hydrogens (tertiary/aromatic N) is 2. The maximum atomic E-state index is 11.7. The van der Waals surface area contributed by atoms with Gasteiger partial charge in [0.05, 0.1) is 0 Å². The Labute approximate surface area is 118 Å². The van der Waals surface area contributed by atoms with Crippen LogP contribution in [-0.4, -0.2) is 29.0 Å². The number of carbonyl (C=O) groups excluding carboxylic acids is 1. The van der Waals surface area contributed by atoms with Gasteiger partial charge in [0.2, 0.25) is 0 Å². The Balaban J connectivity index is 1.57. The van der Waals surface area contributed by atoms with Crippen LogP contribution in [0, 0.1) is 0 Å². The summed E-state index contributed by atoms with van der Waals surface area (Å²) in [5.74, 6) is -0.127. The fraction of sp³-hybridized carbons (Fsp3) is 0.267. The summed E-state index contributed by atoms with van der Waals surface area (Å²) in [6.45, 7) is 2.27. The van der Waals surface area contributed by atoms with Crippen molar-refractivity contribution >= 4 is 5.91 Å². The predicted molar refractivity (Wildman–Crippen MR) is 77.1 cm³/mol. The SMILES string of the molecule is O=C(NCCCNCc1cccnc1)c1ccccn1. The van der Waals surface area contributed by atoms with Crippen molar-refractivity contribution in [1.29, 1.82) is 0 Å². The summed E-state index contributed by atoms with van der Waals surface area (Å²) in [6.07, 6.45) is 6.09. The predicted octanol–water partition coefficient (Wildman–Crippen LogP) is 1.39. The van der Waals surface area contributed by atoms with Crippen molar-refractivity contribution in [3.63, 3.8) is 0 Å². The first-order chi connectivity index (χ1) is 9.86. The molecule has 2 aromatic rings. The van der Waals surface area contributed by atoms with Gasteiger partial charge in [-0.25, -0.2) is 0 Å². The minimum Gasteiger partial charge on any atom is -0.351 e. The Morgan fingerprint density at radius 1 is 1.10 bits per heavy atom. The highest BCUT2D eigenvalue weighted by atomic mass is 16.1. The van der Waals surface area contributed by atoms with Gasteiger partial charge in [0.25, 0.3) is 5.91 Å². The van der Waals surface area contributed by atoms with E-state index in [2.05, 4.69) is 20.6 Å². The standard InChI is InChI=1S/C15H18N4O/c20-15(14-6-1-2-9-18-14)19-10-4-8-17-12-13-5-3-7-16-11-13/h1-3,5-7,9,11,17H,4,8,10,12H2,(H,19,20). The average molecular weight is 270 g/mol. The van der Waals surface area contributed by atoms with Crippen LogP contribution in [0.1, 0.15) is 22.5 Å². The summed E-state index contributed by atoms with van der Waals surface area (Å²) in [5, 5.41) is 6.15. The second-order valence-corrected chi connectivity index (χ2v) is 4.36. The van der Waals surface area contributed by atoms with E-state index < -0.39 is 0 Å². The lowest BCUT2D eigenvalue weighted by Gasteiger charge is -2.06. The first-order valence-corrected chi connectivity index (χ1v) is 6.65. The number of hydrogen-bond donors (Lipinski definition) is 2. The lowest BCUT2D eigenvalue weighted by Crippen LogP contribution is -2.27. The molecule has 0 radical (unpaired) electrons. The monoisotopic (exact) mass is 270 g/mol. The molecule has 0 spiro atoms. The highest BCUT2D eigenvalue weighted by molar-refractivity contribution is 5.92. The van der Waals surface area contributed by atoms with Crippen molar-refractivity contribution in [2.24, 2.45) is 0 Å². The second kappa shape index (κ2) is 8.01. The number of pyridine rings is 2. The van der Waals surface area contributed by atoms with Crippen molar-refractivity contribution in [1.82, 2.24) is 20.6 Å². The van der Waals surface area contributed by atoms with Crippen LogP contribution in [0.2, 0.25) is 0 Å². The number of rotatable bonds is 7. The van der Waals surface area contributed by atoms with Gasteiger partial charge in [0.15, 0.2) is 0 Å². The molecular formula is C15H18N4O. The summed E-state index contributed by atoms with van der Waals surface area (Å²) >= 11 is 0. The summed E-state index contributed by atoms with van der Waals surface area (Å²) in [7, 11) is 0. The van der Waals surface area contributed by atoms with E-state index in [4.69, 9.17) is 0 Å². The van der Waals surface area contributed by atoms with E-state index in [0.29, 0.717) is 12.2 Å². The Bertz CT molecular complexity index is 516. The van der Waals surface area contributed by atoms with Gasteiger partial charge in [-0.3, -0.25) is 14.8 Å². The molecule has 104 valence electrons. The van der Waals surface area contributed by atoms with Crippen molar-refractivity contribution in [3.8, 4) is 0 Å². The van der Waals surface area contributed by atoms with E-state index >= 15 is 0 Å². The van der Waals surface area contributed by atoms with Crippen molar-refractivity contribution < 1.29 is 4.79 Å². The van der Waals surface area contributed by atoms with Gasteiger partial charge >= 0.3 is 0 Å². The molecule has 0 saturated heterocycles. The van der Waals surface area contributed by atoms with Gasteiger partial charge in [0.1, 0.15) is 5.69 Å². The largest absolute Gasteiger partial charge is 0.351 e. The molecule has 0 bridgehead atoms. The van der Waals surface area contributed by atoms with Crippen LogP contribution < -0.4 is 10.6 Å². The zero-order valence-electron chi connectivity index (χ0n) is 11.2. The maximum absolute atomic E-state index is 11.7. The third-order valence-corrected chi connectivity index (χ3v) is 2.77. The molecule has 2 aromatic heterocycles. The molecule has 2 rings (SSSR count). The van der Waals surface area contributed by atoms with Gasteiger partial charge < -0.3 is 10.6 Å². The van der Waals surface area contributed by atoms with Gasteiger partial charge in [-0.05, 0) is 36.7 Å². The van der Waals surface area contributed by atoms with E-state index in [1.54, 1.807) is 30.6 Å². The molecule has 0 fully saturated rings. The van der Waals surface area contributed by atoms with Gasteiger partial charge in [-0.2, -0.15) is 0 Å². The van der Waals surface area contributed by atoms with Gasteiger partial charge in [0, 0.05) is 31.7 Å². The lowest BCUT2D eigenvalue weighted by molar-refractivity contribution is 0.0948. The van der Waals surface area contributed by atoms with E-state index in [0.717, 1.165) is 25.1 Å². The fourth-order valence-electron chi connectivity index (χ4n) is 1.74. The Morgan fingerprint density at radius 2 is 2.05 bits per heavy atom. The maximum Gasteiger partial charge on any atom is 0.269 e. The Hall–Kier alpha value is -2.27. The second-order valence-electron chi connectivity index (χ2n) is 4.36. The third kappa shape index (κ3) is 4.78. The molecule has 5 heteroatoms. The zero-order chi connectivity index (χ0) is 14.0. The zero-order valence-corrected chi connectivity index (χ0v) is 11.2. The smallest absolute Gasteiger partial charge is 0.269 e. The fourth-order valence-corrected chi connectivity index (χ4v) is 1.74. The van der Waals surface area contributed by atoms with E-state index in [1.807, 2.05) is 18.3 Å². The highest BCUT2D eigenvalue weighted by Crippen LogP contribution is 1.94. The molecule has 0 saturated carbocycles. The van der Waals surface area contributed by atoms with Gasteiger partial charge in [-0.15, -0.1) is 0 Å². The minimum absolute atomic E-state index is 0.127. The highest BCUT2D eigenvalue weighted by Gasteiger charge is 2.04. The molecule has 2 N–H and O–H groups in total. The molecule has 0 aliphatic rings. The third-order valence-electron chi connectivity index (χ3n) is 2.77. The number of aromatic nitrogens is 2. The molecule has 0 unspecified atom stereocenters. The molecule has 0 aliphatic heterocycles. The minimum atomic E-state index is -0.127. The van der Waals surface area contributed by atoms with Crippen LogP contribution >= 0.6 is 0 Å². The Kier molecular flexibility index (Phi) is 5.67. The van der Waals surface area contributed by atoms with E-state index in [1.165, 1.54) is 0 Å². The number of amides is 1. The number of carbonyl (C=O) groups is 1. The van der Waals surface area contributed by atoms with Crippen LogP contribution in [-0.2, 0) is 6.54 Å². The summed E-state index contributed by atoms with van der Waals surface area (Å²) in [5.41, 5.74) is 1.61. The van der Waals surface area contributed by atoms with Crippen molar-refractivity contribution in [2.45, 2.75) is 13.0 Å². The van der Waals surface area contributed by atoms with Crippen molar-refractivity contribution in [3.05, 3.63) is 60.2 Å². The van der Waals surface area contributed by atoms with Crippen molar-refractivity contribution in [2.75, 3.05) is 13.1 Å². The van der Waals surface area contributed by atoms with Crippen LogP contribution in [0.5, 0.6) is 0 Å². The topological polar surface area (TPSA) is 66.9 Å². The summed E-state index contributed by atoms with van der Waals surface area (Å²) < 4.78 is 0. The molecule has 1 amide bonds. The molecular weight excluding hydrogens is 252 g/mol. The molecule has 0 aliphatic carbocycles. The van der Waals surface area contributed by atoms with E-state index in [9.17, 15) is 4.79 Å². The summed E-state index contributed by atoms with van der Waals surface area (Å²) in [4.78, 5) is 19.7. The van der Waals surface area contributed by atoms with Crippen LogP contribution in [0.4, 0.5) is 0 Å². The molecule has 5 nitrogen and oxygen atoms in total. The first-order valence-electron chi connectivity index (χ1n) is 6.65. The normalized spacial score (nSPS) is 10.2. The van der Waals surface area contributed by atoms with Gasteiger partial charge in [-0.1, -0.05) is 12.1 Å². The average Bonchev–Trinajstić information content (AvgIpc) is 2.52. The van der Waals surface area contributed by atoms with Crippen LogP contribution in [0.25, 0.3) is 0 Å². The Morgan fingerprint density at radius 3 is 2.80 bits per heavy atom. The quantitative estimate of drug-likeness (QED) is 0.746. The summed E-state index contributed by atoms with van der Waals surface area (Å²) in [6, 6.07) is 9.25. The van der Waals surface area contributed by atoms with E-state index in [-0.39, 0.29) is 5.91 Å². The molecule has 2 heterocycles. The van der Waals surface area contributed by atoms with Crippen LogP contribution in [0.3, 0.4) is 0 Å². The first kappa shape index (κ1) is 14.1.